The van der Waals surface area contributed by atoms with E-state index >= 15 is 0 Å². The van der Waals surface area contributed by atoms with Gasteiger partial charge in [-0.3, -0.25) is 0 Å². The summed E-state index contributed by atoms with van der Waals surface area (Å²) in [6.07, 6.45) is 6.20. The van der Waals surface area contributed by atoms with Crippen molar-refractivity contribution in [3.63, 3.8) is 0 Å². The molecule has 1 aromatic heterocycles. The van der Waals surface area contributed by atoms with Crippen LogP contribution < -0.4 is 0 Å². The maximum atomic E-state index is 10.8. The molecule has 21 heavy (non-hydrogen) atoms. The molecule has 0 spiro atoms. The highest BCUT2D eigenvalue weighted by Gasteiger charge is 2.19. The first-order chi connectivity index (χ1) is 10.1. The quantitative estimate of drug-likeness (QED) is 0.889. The fourth-order valence-corrected chi connectivity index (χ4v) is 3.28. The number of carboxylic acid groups (broad SMARTS) is 1. The molecule has 1 saturated carbocycles. The second-order valence-corrected chi connectivity index (χ2v) is 5.86. The highest BCUT2D eigenvalue weighted by atomic mass is 35.5. The molecule has 1 N–H and O–H groups in total. The van der Waals surface area contributed by atoms with Gasteiger partial charge in [0.2, 0.25) is 5.76 Å². The van der Waals surface area contributed by atoms with E-state index in [1.807, 2.05) is 18.2 Å². The number of hydrogen-bond donors (Lipinski definition) is 1. The molecule has 0 aliphatic heterocycles. The van der Waals surface area contributed by atoms with Crippen LogP contribution in [0.3, 0.4) is 0 Å². The first-order valence-electron chi connectivity index (χ1n) is 7.15. The van der Waals surface area contributed by atoms with Gasteiger partial charge in [0.25, 0.3) is 0 Å². The van der Waals surface area contributed by atoms with E-state index in [9.17, 15) is 4.79 Å². The molecule has 1 aromatic carbocycles. The van der Waals surface area contributed by atoms with Crippen LogP contribution in [0, 0.1) is 0 Å². The molecule has 0 amide bonds. The summed E-state index contributed by atoms with van der Waals surface area (Å²) in [5, 5.41) is 13.4. The largest absolute Gasteiger partial charge is 0.475 e. The fourth-order valence-electron chi connectivity index (χ4n) is 2.94. The van der Waals surface area contributed by atoms with Crippen molar-refractivity contribution in [3.05, 3.63) is 40.6 Å². The molecule has 5 heteroatoms. The summed E-state index contributed by atoms with van der Waals surface area (Å²) in [6, 6.07) is 7.21. The second-order valence-electron chi connectivity index (χ2n) is 5.45. The van der Waals surface area contributed by atoms with Crippen molar-refractivity contribution in [1.29, 1.82) is 0 Å². The monoisotopic (exact) mass is 305 g/mol. The molecule has 3 rings (SSSR count). The van der Waals surface area contributed by atoms with Gasteiger partial charge in [-0.1, -0.05) is 48.2 Å². The number of carbonyl (C=O) groups is 1. The Morgan fingerprint density at radius 2 is 2.00 bits per heavy atom. The average Bonchev–Trinajstić information content (AvgIpc) is 2.98. The summed E-state index contributed by atoms with van der Waals surface area (Å²) < 4.78 is 4.77. The Morgan fingerprint density at radius 3 is 2.62 bits per heavy atom. The van der Waals surface area contributed by atoms with Crippen molar-refractivity contribution in [2.24, 2.45) is 0 Å². The summed E-state index contributed by atoms with van der Waals surface area (Å²) in [7, 11) is 0. The normalized spacial score (nSPS) is 16.0. The molecular formula is C16H16ClNO3. The van der Waals surface area contributed by atoms with E-state index in [0.717, 1.165) is 10.6 Å². The third-order valence-electron chi connectivity index (χ3n) is 4.06. The molecule has 4 nitrogen and oxygen atoms in total. The Balaban J connectivity index is 1.87. The predicted molar refractivity (Wildman–Crippen MR) is 79.7 cm³/mol. The molecular weight excluding hydrogens is 290 g/mol. The molecule has 1 aliphatic carbocycles. The van der Waals surface area contributed by atoms with Crippen LogP contribution in [-0.2, 0) is 0 Å². The van der Waals surface area contributed by atoms with Crippen LogP contribution in [-0.4, -0.2) is 16.2 Å². The van der Waals surface area contributed by atoms with Crippen molar-refractivity contribution in [2.75, 3.05) is 0 Å². The molecule has 0 radical (unpaired) electrons. The van der Waals surface area contributed by atoms with Gasteiger partial charge >= 0.3 is 5.97 Å². The number of carboxylic acids is 1. The zero-order valence-electron chi connectivity index (χ0n) is 11.5. The van der Waals surface area contributed by atoms with E-state index in [1.54, 1.807) is 0 Å². The molecule has 0 bridgehead atoms. The van der Waals surface area contributed by atoms with Crippen LogP contribution in [0.5, 0.6) is 0 Å². The van der Waals surface area contributed by atoms with Gasteiger partial charge in [0.15, 0.2) is 0 Å². The third kappa shape index (κ3) is 2.95. The fraction of sp³-hybridized carbons (Fsp3) is 0.375. The Morgan fingerprint density at radius 1 is 1.24 bits per heavy atom. The highest BCUT2D eigenvalue weighted by Crippen LogP contribution is 2.37. The lowest BCUT2D eigenvalue weighted by Crippen LogP contribution is -2.05. The Labute approximate surface area is 127 Å². The summed E-state index contributed by atoms with van der Waals surface area (Å²) in [6.45, 7) is 0. The van der Waals surface area contributed by atoms with E-state index in [4.69, 9.17) is 21.2 Å². The van der Waals surface area contributed by atoms with Crippen LogP contribution in [0.2, 0.25) is 5.02 Å². The van der Waals surface area contributed by atoms with Gasteiger partial charge < -0.3 is 9.63 Å². The van der Waals surface area contributed by atoms with Crippen molar-refractivity contribution in [3.8, 4) is 11.3 Å². The van der Waals surface area contributed by atoms with Gasteiger partial charge in [0, 0.05) is 16.7 Å². The lowest BCUT2D eigenvalue weighted by molar-refractivity contribution is 0.0652. The third-order valence-corrected chi connectivity index (χ3v) is 4.39. The minimum Gasteiger partial charge on any atom is -0.475 e. The zero-order valence-corrected chi connectivity index (χ0v) is 12.3. The van der Waals surface area contributed by atoms with Gasteiger partial charge in [-0.05, 0) is 30.4 Å². The highest BCUT2D eigenvalue weighted by molar-refractivity contribution is 6.31. The summed E-state index contributed by atoms with van der Waals surface area (Å²) in [5.41, 5.74) is 2.45. The van der Waals surface area contributed by atoms with Gasteiger partial charge in [-0.15, -0.1) is 0 Å². The smallest absolute Gasteiger partial charge is 0.374 e. The molecule has 0 atom stereocenters. The zero-order chi connectivity index (χ0) is 14.8. The SMILES string of the molecule is O=C(O)c1cc(-c2ccc(C3CCCCC3)c(Cl)c2)no1. The molecule has 0 unspecified atom stereocenters. The molecule has 2 aromatic rings. The van der Waals surface area contributed by atoms with Crippen molar-refractivity contribution in [2.45, 2.75) is 38.0 Å². The molecule has 0 saturated heterocycles. The van der Waals surface area contributed by atoms with E-state index in [-0.39, 0.29) is 5.76 Å². The number of benzene rings is 1. The van der Waals surface area contributed by atoms with Gasteiger partial charge in [-0.25, -0.2) is 4.79 Å². The molecule has 1 heterocycles. The number of aromatic nitrogens is 1. The van der Waals surface area contributed by atoms with Crippen LogP contribution in [0.4, 0.5) is 0 Å². The van der Waals surface area contributed by atoms with Crippen molar-refractivity contribution in [1.82, 2.24) is 5.16 Å². The van der Waals surface area contributed by atoms with E-state index in [2.05, 4.69) is 5.16 Å². The van der Waals surface area contributed by atoms with Gasteiger partial charge in [0.05, 0.1) is 0 Å². The number of halogens is 1. The van der Waals surface area contributed by atoms with Crippen LogP contribution in [0.25, 0.3) is 11.3 Å². The first kappa shape index (κ1) is 14.1. The number of aromatic carboxylic acids is 1. The van der Waals surface area contributed by atoms with Crippen LogP contribution in [0.1, 0.15) is 54.1 Å². The van der Waals surface area contributed by atoms with Crippen molar-refractivity contribution >= 4 is 17.6 Å². The lowest BCUT2D eigenvalue weighted by Gasteiger charge is -2.23. The summed E-state index contributed by atoms with van der Waals surface area (Å²) in [4.78, 5) is 10.8. The van der Waals surface area contributed by atoms with Crippen LogP contribution in [0.15, 0.2) is 28.8 Å². The Hall–Kier alpha value is -1.81. The number of rotatable bonds is 3. The Bertz CT molecular complexity index is 659. The van der Waals surface area contributed by atoms with Gasteiger partial charge in [-0.2, -0.15) is 0 Å². The maximum absolute atomic E-state index is 10.8. The van der Waals surface area contributed by atoms with Crippen LogP contribution >= 0.6 is 11.6 Å². The predicted octanol–water partition coefficient (Wildman–Crippen LogP) is 4.74. The minimum atomic E-state index is -1.13. The number of nitrogens with zero attached hydrogens (tertiary/aromatic N) is 1. The number of hydrogen-bond acceptors (Lipinski definition) is 3. The topological polar surface area (TPSA) is 63.3 Å². The molecule has 1 aliphatic rings. The lowest BCUT2D eigenvalue weighted by atomic mass is 9.84. The molecule has 1 fully saturated rings. The van der Waals surface area contributed by atoms with Crippen molar-refractivity contribution < 1.29 is 14.4 Å². The second kappa shape index (κ2) is 5.90. The Kier molecular flexibility index (Phi) is 3.97. The van der Waals surface area contributed by atoms with Gasteiger partial charge in [0.1, 0.15) is 5.69 Å². The maximum Gasteiger partial charge on any atom is 0.374 e. The van der Waals surface area contributed by atoms with E-state index in [1.165, 1.54) is 43.7 Å². The van der Waals surface area contributed by atoms with E-state index in [0.29, 0.717) is 11.6 Å². The van der Waals surface area contributed by atoms with E-state index < -0.39 is 5.97 Å². The first-order valence-corrected chi connectivity index (χ1v) is 7.53. The summed E-state index contributed by atoms with van der Waals surface area (Å²) >= 11 is 6.41. The minimum absolute atomic E-state index is 0.169. The standard InChI is InChI=1S/C16H16ClNO3/c17-13-8-11(14-9-15(16(19)20)21-18-14)6-7-12(13)10-4-2-1-3-5-10/h6-10H,1-5H2,(H,19,20). The average molecular weight is 306 g/mol. The summed E-state index contributed by atoms with van der Waals surface area (Å²) in [5.74, 6) is -0.761. The molecule has 110 valence electrons.